The number of nitrogens with zero attached hydrogens (tertiary/aromatic N) is 3. The Balaban J connectivity index is 2.67. The number of hydrogen-bond acceptors (Lipinski definition) is 3. The van der Waals surface area contributed by atoms with E-state index in [1.165, 1.54) is 6.92 Å². The lowest BCUT2D eigenvalue weighted by Crippen LogP contribution is -1.94. The largest absolute Gasteiger partial charge is 0.295 e. The first kappa shape index (κ1) is 8.37. The van der Waals surface area contributed by atoms with Crippen LogP contribution in [0.25, 0.3) is 5.65 Å². The third-order valence-electron chi connectivity index (χ3n) is 1.72. The van der Waals surface area contributed by atoms with Crippen LogP contribution in [0.2, 0.25) is 0 Å². The van der Waals surface area contributed by atoms with E-state index >= 15 is 0 Å². The van der Waals surface area contributed by atoms with Crippen LogP contribution < -0.4 is 0 Å². The van der Waals surface area contributed by atoms with Gasteiger partial charge < -0.3 is 0 Å². The number of carbonyl (C=O) groups is 1. The van der Waals surface area contributed by atoms with Crippen molar-refractivity contribution in [2.24, 2.45) is 0 Å². The summed E-state index contributed by atoms with van der Waals surface area (Å²) in [6, 6.07) is 3.43. The number of aromatic nitrogens is 3. The van der Waals surface area contributed by atoms with E-state index < -0.39 is 0 Å². The number of Topliss-reactive ketones (excluding diaryl/α,β-unsaturated/α-hetero) is 1. The van der Waals surface area contributed by atoms with Gasteiger partial charge in [0.2, 0.25) is 4.73 Å². The summed E-state index contributed by atoms with van der Waals surface area (Å²) in [4.78, 5) is 15.1. The molecule has 0 fully saturated rings. The second-order valence-electron chi connectivity index (χ2n) is 2.66. The van der Waals surface area contributed by atoms with Crippen LogP contribution in [0.4, 0.5) is 0 Å². The van der Waals surface area contributed by atoms with Gasteiger partial charge in [0.15, 0.2) is 11.4 Å². The van der Waals surface area contributed by atoms with E-state index in [1.807, 2.05) is 0 Å². The molecule has 0 spiro atoms. The topological polar surface area (TPSA) is 47.3 Å². The Bertz CT molecular complexity index is 477. The molecule has 0 N–H and O–H groups in total. The van der Waals surface area contributed by atoms with Crippen molar-refractivity contribution < 1.29 is 4.79 Å². The second-order valence-corrected chi connectivity index (χ2v) is 3.36. The van der Waals surface area contributed by atoms with Crippen molar-refractivity contribution in [1.82, 2.24) is 14.6 Å². The van der Waals surface area contributed by atoms with E-state index in [1.54, 1.807) is 22.8 Å². The molecule has 0 atom stereocenters. The monoisotopic (exact) mass is 239 g/mol. The van der Waals surface area contributed by atoms with Crippen LogP contribution >= 0.6 is 15.9 Å². The smallest absolute Gasteiger partial charge is 0.218 e. The van der Waals surface area contributed by atoms with Gasteiger partial charge in [-0.15, -0.1) is 5.10 Å². The average Bonchev–Trinajstić information content (AvgIpc) is 2.42. The van der Waals surface area contributed by atoms with E-state index in [0.29, 0.717) is 15.9 Å². The molecule has 0 saturated carbocycles. The molecule has 2 rings (SSSR count). The number of hydrogen-bond donors (Lipinski definition) is 0. The van der Waals surface area contributed by atoms with E-state index in [2.05, 4.69) is 26.0 Å². The molecule has 4 nitrogen and oxygen atoms in total. The van der Waals surface area contributed by atoms with Gasteiger partial charge in [-0.05, 0) is 35.0 Å². The lowest BCUT2D eigenvalue weighted by Gasteiger charge is -1.94. The van der Waals surface area contributed by atoms with Gasteiger partial charge in [0.05, 0.1) is 0 Å². The molecule has 0 aromatic carbocycles. The minimum Gasteiger partial charge on any atom is -0.295 e. The summed E-state index contributed by atoms with van der Waals surface area (Å²) < 4.78 is 2.13. The Labute approximate surface area is 82.7 Å². The van der Waals surface area contributed by atoms with Crippen molar-refractivity contribution in [3.8, 4) is 0 Å². The van der Waals surface area contributed by atoms with Crippen molar-refractivity contribution in [2.75, 3.05) is 0 Å². The molecule has 0 aliphatic heterocycles. The van der Waals surface area contributed by atoms with Crippen molar-refractivity contribution in [3.63, 3.8) is 0 Å². The van der Waals surface area contributed by atoms with E-state index in [-0.39, 0.29) is 5.78 Å². The molecule has 5 heteroatoms. The maximum atomic E-state index is 11.0. The molecule has 2 aromatic rings. The van der Waals surface area contributed by atoms with Crippen LogP contribution in [0.5, 0.6) is 0 Å². The Morgan fingerprint density at radius 1 is 1.62 bits per heavy atom. The fourth-order valence-electron chi connectivity index (χ4n) is 1.07. The maximum Gasteiger partial charge on any atom is 0.218 e. The van der Waals surface area contributed by atoms with Gasteiger partial charge in [-0.1, -0.05) is 0 Å². The predicted octanol–water partition coefficient (Wildman–Crippen LogP) is 1.69. The Hall–Kier alpha value is -1.23. The third-order valence-corrected chi connectivity index (χ3v) is 2.05. The first-order valence-corrected chi connectivity index (χ1v) is 4.49. The molecule has 0 saturated heterocycles. The summed E-state index contributed by atoms with van der Waals surface area (Å²) in [5.41, 5.74) is 1.31. The van der Waals surface area contributed by atoms with Crippen LogP contribution in [0.15, 0.2) is 23.1 Å². The van der Waals surface area contributed by atoms with Gasteiger partial charge in [0.25, 0.3) is 0 Å². The van der Waals surface area contributed by atoms with Crippen molar-refractivity contribution >= 4 is 27.4 Å². The summed E-state index contributed by atoms with van der Waals surface area (Å²) >= 11 is 3.16. The van der Waals surface area contributed by atoms with Gasteiger partial charge in [-0.25, -0.2) is 9.50 Å². The molecule has 0 unspecified atom stereocenters. The Morgan fingerprint density at radius 2 is 2.38 bits per heavy atom. The summed E-state index contributed by atoms with van der Waals surface area (Å²) in [6.07, 6.45) is 1.71. The fourth-order valence-corrected chi connectivity index (χ4v) is 1.43. The highest BCUT2D eigenvalue weighted by molar-refractivity contribution is 9.10. The zero-order valence-corrected chi connectivity index (χ0v) is 8.45. The van der Waals surface area contributed by atoms with Crippen molar-refractivity contribution in [3.05, 3.63) is 28.6 Å². The van der Waals surface area contributed by atoms with Gasteiger partial charge in [-0.2, -0.15) is 0 Å². The minimum absolute atomic E-state index is 0.0293. The standard InChI is InChI=1S/C8H6BrN3O/c1-5(13)6-2-3-12-7(4-6)10-8(9)11-12/h2-4H,1H3. The lowest BCUT2D eigenvalue weighted by molar-refractivity contribution is 0.101. The summed E-state index contributed by atoms with van der Waals surface area (Å²) in [7, 11) is 0. The number of halogens is 1. The van der Waals surface area contributed by atoms with Gasteiger partial charge in [0.1, 0.15) is 0 Å². The van der Waals surface area contributed by atoms with E-state index in [0.717, 1.165) is 0 Å². The highest BCUT2D eigenvalue weighted by Crippen LogP contribution is 2.09. The zero-order valence-electron chi connectivity index (χ0n) is 6.86. The lowest BCUT2D eigenvalue weighted by atomic mass is 10.2. The molecule has 0 bridgehead atoms. The number of carbonyl (C=O) groups excluding carboxylic acids is 1. The molecule has 0 radical (unpaired) electrons. The quantitative estimate of drug-likeness (QED) is 0.712. The maximum absolute atomic E-state index is 11.0. The number of fused-ring (bicyclic) bond motifs is 1. The van der Waals surface area contributed by atoms with Crippen molar-refractivity contribution in [1.29, 1.82) is 0 Å². The minimum atomic E-state index is 0.0293. The normalized spacial score (nSPS) is 10.6. The summed E-state index contributed by atoms with van der Waals surface area (Å²) in [6.45, 7) is 1.53. The average molecular weight is 240 g/mol. The molecular weight excluding hydrogens is 234 g/mol. The van der Waals surface area contributed by atoms with Gasteiger partial charge in [-0.3, -0.25) is 4.79 Å². The molecule has 13 heavy (non-hydrogen) atoms. The van der Waals surface area contributed by atoms with Crippen LogP contribution in [0.3, 0.4) is 0 Å². The first-order valence-electron chi connectivity index (χ1n) is 3.70. The number of rotatable bonds is 1. The van der Waals surface area contributed by atoms with Crippen molar-refractivity contribution in [2.45, 2.75) is 6.92 Å². The molecule has 66 valence electrons. The summed E-state index contributed by atoms with van der Waals surface area (Å²) in [5.74, 6) is 0.0293. The first-order chi connectivity index (χ1) is 6.16. The fraction of sp³-hybridized carbons (Fsp3) is 0.125. The van der Waals surface area contributed by atoms with Crippen LogP contribution in [0, 0.1) is 0 Å². The molecule has 0 aliphatic carbocycles. The van der Waals surface area contributed by atoms with Crippen LogP contribution in [-0.2, 0) is 0 Å². The SMILES string of the molecule is CC(=O)c1ccn2nc(Br)nc2c1. The Kier molecular flexibility index (Phi) is 1.88. The molecular formula is C8H6BrN3O. The molecule has 0 aliphatic rings. The molecule has 2 heterocycles. The van der Waals surface area contributed by atoms with Gasteiger partial charge >= 0.3 is 0 Å². The van der Waals surface area contributed by atoms with E-state index in [9.17, 15) is 4.79 Å². The van der Waals surface area contributed by atoms with Crippen LogP contribution in [-0.4, -0.2) is 20.4 Å². The van der Waals surface area contributed by atoms with E-state index in [4.69, 9.17) is 0 Å². The molecule has 2 aromatic heterocycles. The Morgan fingerprint density at radius 3 is 3.08 bits per heavy atom. The van der Waals surface area contributed by atoms with Crippen LogP contribution in [0.1, 0.15) is 17.3 Å². The second kappa shape index (κ2) is 2.92. The summed E-state index contributed by atoms with van der Waals surface area (Å²) in [5, 5.41) is 4.02. The zero-order chi connectivity index (χ0) is 9.42. The molecule has 0 amide bonds. The highest BCUT2D eigenvalue weighted by atomic mass is 79.9. The highest BCUT2D eigenvalue weighted by Gasteiger charge is 2.03. The number of pyridine rings is 1. The van der Waals surface area contributed by atoms with Gasteiger partial charge in [0, 0.05) is 11.8 Å². The number of ketones is 1. The predicted molar refractivity (Wildman–Crippen MR) is 50.7 cm³/mol. The third kappa shape index (κ3) is 1.47.